The van der Waals surface area contributed by atoms with Crippen LogP contribution in [-0.2, 0) is 18.3 Å². The van der Waals surface area contributed by atoms with Crippen molar-refractivity contribution < 1.29 is 27.1 Å². The highest BCUT2D eigenvalue weighted by molar-refractivity contribution is 8.10. The van der Waals surface area contributed by atoms with Crippen molar-refractivity contribution in [3.8, 4) is 10.6 Å². The van der Waals surface area contributed by atoms with Crippen LogP contribution in [0, 0.1) is 11.6 Å². The minimum atomic E-state index is -4.52. The topological polar surface area (TPSA) is 79.4 Å². The Kier molecular flexibility index (Phi) is 7.07. The molecule has 1 N–H and O–H groups in total. The zero-order valence-electron chi connectivity index (χ0n) is 19.5. The van der Waals surface area contributed by atoms with Crippen molar-refractivity contribution in [2.24, 2.45) is 4.99 Å². The summed E-state index contributed by atoms with van der Waals surface area (Å²) in [7, 11) is 0. The number of thiazole rings is 1. The van der Waals surface area contributed by atoms with Crippen molar-refractivity contribution in [2.75, 3.05) is 0 Å². The summed E-state index contributed by atoms with van der Waals surface area (Å²) >= 11 is 2.10. The van der Waals surface area contributed by atoms with Crippen LogP contribution in [0.4, 0.5) is 22.0 Å². The molecule has 0 aliphatic carbocycles. The van der Waals surface area contributed by atoms with E-state index < -0.39 is 41.3 Å². The molecule has 0 radical (unpaired) electrons. The SMILES string of the molecule is C[C@@H](N1SC=NC1c1ccc(-c2nc(C(F)(F)F)cs2)cc1)[C@](O)(Cn1cncn1)c1ccc(F)cc1F. The fourth-order valence-corrected chi connectivity index (χ4v) is 5.95. The molecule has 3 atom stereocenters. The molecule has 0 spiro atoms. The van der Waals surface area contributed by atoms with Gasteiger partial charge in [-0.05, 0) is 30.5 Å². The molecule has 5 rings (SSSR count). The fourth-order valence-electron chi connectivity index (χ4n) is 4.19. The zero-order chi connectivity index (χ0) is 27.1. The summed E-state index contributed by atoms with van der Waals surface area (Å²) in [6.45, 7) is 1.52. The van der Waals surface area contributed by atoms with Gasteiger partial charge in [-0.3, -0.25) is 4.99 Å². The Morgan fingerprint density at radius 2 is 1.87 bits per heavy atom. The maximum Gasteiger partial charge on any atom is 0.434 e. The summed E-state index contributed by atoms with van der Waals surface area (Å²) in [5.74, 6) is -1.69. The Bertz CT molecular complexity index is 1440. The Hall–Kier alpha value is -3.20. The van der Waals surface area contributed by atoms with Gasteiger partial charge in [-0.1, -0.05) is 30.3 Å². The first kappa shape index (κ1) is 26.4. The van der Waals surface area contributed by atoms with Gasteiger partial charge in [0, 0.05) is 22.6 Å². The Balaban J connectivity index is 1.44. The Labute approximate surface area is 221 Å². The van der Waals surface area contributed by atoms with Gasteiger partial charge in [0.2, 0.25) is 0 Å². The highest BCUT2D eigenvalue weighted by Crippen LogP contribution is 2.43. The predicted octanol–water partition coefficient (Wildman–Crippen LogP) is 5.67. The van der Waals surface area contributed by atoms with Gasteiger partial charge in [0.05, 0.1) is 18.1 Å². The molecule has 1 aliphatic heterocycles. The molecule has 0 saturated carbocycles. The molecule has 0 fully saturated rings. The molecule has 0 amide bonds. The Morgan fingerprint density at radius 1 is 1.11 bits per heavy atom. The van der Waals surface area contributed by atoms with Crippen molar-refractivity contribution in [1.82, 2.24) is 24.1 Å². The van der Waals surface area contributed by atoms with Gasteiger partial charge in [-0.2, -0.15) is 18.3 Å². The van der Waals surface area contributed by atoms with Crippen LogP contribution in [0.1, 0.15) is 29.9 Å². The summed E-state index contributed by atoms with van der Waals surface area (Å²) in [6.07, 6.45) is -2.46. The highest BCUT2D eigenvalue weighted by Gasteiger charge is 2.45. The van der Waals surface area contributed by atoms with Crippen LogP contribution in [0.3, 0.4) is 0 Å². The summed E-state index contributed by atoms with van der Waals surface area (Å²) in [5, 5.41) is 17.1. The molecule has 0 saturated heterocycles. The number of nitrogens with zero attached hydrogens (tertiary/aromatic N) is 6. The normalized spacial score (nSPS) is 18.6. The van der Waals surface area contributed by atoms with Crippen molar-refractivity contribution >= 4 is 28.8 Å². The second kappa shape index (κ2) is 10.2. The lowest BCUT2D eigenvalue weighted by Crippen LogP contribution is -2.49. The van der Waals surface area contributed by atoms with E-state index in [1.54, 1.807) is 41.0 Å². The first-order valence-corrected chi connectivity index (χ1v) is 12.9. The van der Waals surface area contributed by atoms with Crippen LogP contribution >= 0.6 is 23.3 Å². The van der Waals surface area contributed by atoms with E-state index in [4.69, 9.17) is 0 Å². The lowest BCUT2D eigenvalue weighted by Gasteiger charge is -2.40. The molecule has 2 aromatic heterocycles. The molecule has 2 aromatic carbocycles. The third-order valence-electron chi connectivity index (χ3n) is 6.20. The smallest absolute Gasteiger partial charge is 0.381 e. The van der Waals surface area contributed by atoms with E-state index in [1.165, 1.54) is 35.4 Å². The van der Waals surface area contributed by atoms with Crippen LogP contribution in [0.5, 0.6) is 0 Å². The first-order valence-electron chi connectivity index (χ1n) is 11.2. The second-order valence-electron chi connectivity index (χ2n) is 8.57. The number of alkyl halides is 3. The standard InChI is InChI=1S/C24H19F5N6OS2/c1-14(23(36,10-34-12-30-11-32-34)18-7-6-17(25)8-19(18)26)35-21(31-13-38-35)15-2-4-16(5-3-15)22-33-20(9-37-22)24(27,28)29/h2-9,11-14,21,36H,10H2,1H3/t14-,21?,23-/m1/s1. The minimum Gasteiger partial charge on any atom is -0.381 e. The number of aliphatic imine (C=N–C) groups is 1. The first-order chi connectivity index (χ1) is 18.1. The lowest BCUT2D eigenvalue weighted by atomic mass is 9.86. The maximum absolute atomic E-state index is 14.9. The second-order valence-corrected chi connectivity index (χ2v) is 10.3. The van der Waals surface area contributed by atoms with Gasteiger partial charge in [0.15, 0.2) is 5.69 Å². The molecule has 1 unspecified atom stereocenters. The minimum absolute atomic E-state index is 0.118. The predicted molar refractivity (Wildman–Crippen MR) is 133 cm³/mol. The van der Waals surface area contributed by atoms with E-state index in [9.17, 15) is 27.1 Å². The maximum atomic E-state index is 14.9. The van der Waals surface area contributed by atoms with E-state index in [-0.39, 0.29) is 17.1 Å². The monoisotopic (exact) mass is 566 g/mol. The van der Waals surface area contributed by atoms with Crippen molar-refractivity contribution in [1.29, 1.82) is 0 Å². The largest absolute Gasteiger partial charge is 0.434 e. The van der Waals surface area contributed by atoms with E-state index in [1.807, 2.05) is 0 Å². The van der Waals surface area contributed by atoms with E-state index >= 15 is 0 Å². The lowest BCUT2D eigenvalue weighted by molar-refractivity contribution is -0.140. The molecule has 1 aliphatic rings. The molecule has 0 bridgehead atoms. The molecule has 7 nitrogen and oxygen atoms in total. The molecular weight excluding hydrogens is 547 g/mol. The zero-order valence-corrected chi connectivity index (χ0v) is 21.2. The average molecular weight is 567 g/mol. The van der Waals surface area contributed by atoms with E-state index in [0.717, 1.165) is 22.8 Å². The van der Waals surface area contributed by atoms with Gasteiger partial charge in [-0.15, -0.1) is 11.3 Å². The summed E-state index contributed by atoms with van der Waals surface area (Å²) in [6, 6.07) is 8.93. The van der Waals surface area contributed by atoms with Crippen LogP contribution in [0.2, 0.25) is 0 Å². The van der Waals surface area contributed by atoms with Crippen molar-refractivity contribution in [3.63, 3.8) is 0 Å². The summed E-state index contributed by atoms with van der Waals surface area (Å²) < 4.78 is 70.5. The number of rotatable bonds is 7. The van der Waals surface area contributed by atoms with Crippen LogP contribution in [-0.4, -0.2) is 40.7 Å². The number of halogens is 5. The fraction of sp³-hybridized carbons (Fsp3) is 0.250. The van der Waals surface area contributed by atoms with Crippen molar-refractivity contribution in [3.05, 3.63) is 89.0 Å². The van der Waals surface area contributed by atoms with Crippen LogP contribution < -0.4 is 0 Å². The molecule has 14 heteroatoms. The van der Waals surface area contributed by atoms with Gasteiger partial charge in [-0.25, -0.2) is 27.7 Å². The molecule has 198 valence electrons. The third-order valence-corrected chi connectivity index (χ3v) is 8.07. The number of benzene rings is 2. The summed E-state index contributed by atoms with van der Waals surface area (Å²) in [4.78, 5) is 12.1. The number of hydrogen-bond donors (Lipinski definition) is 1. The number of aliphatic hydroxyl groups is 1. The van der Waals surface area contributed by atoms with Gasteiger partial charge >= 0.3 is 6.18 Å². The number of aromatic nitrogens is 4. The Morgan fingerprint density at radius 3 is 2.50 bits per heavy atom. The quantitative estimate of drug-likeness (QED) is 0.230. The van der Waals surface area contributed by atoms with Gasteiger partial charge < -0.3 is 5.11 Å². The van der Waals surface area contributed by atoms with Crippen molar-refractivity contribution in [2.45, 2.75) is 37.5 Å². The molecule has 38 heavy (non-hydrogen) atoms. The van der Waals surface area contributed by atoms with Gasteiger partial charge in [0.25, 0.3) is 0 Å². The third kappa shape index (κ3) is 5.08. The number of hydrogen-bond acceptors (Lipinski definition) is 8. The average Bonchev–Trinajstić information content (AvgIpc) is 3.65. The highest BCUT2D eigenvalue weighted by atomic mass is 32.2. The molecule has 4 aromatic rings. The van der Waals surface area contributed by atoms with Crippen LogP contribution in [0.15, 0.2) is 65.5 Å². The van der Waals surface area contributed by atoms with Crippen LogP contribution in [0.25, 0.3) is 10.6 Å². The van der Waals surface area contributed by atoms with Gasteiger partial charge in [0.1, 0.15) is 41.1 Å². The van der Waals surface area contributed by atoms with E-state index in [0.29, 0.717) is 17.2 Å². The molecule has 3 heterocycles. The summed E-state index contributed by atoms with van der Waals surface area (Å²) in [5.41, 5.74) is -0.149. The molecular formula is C24H19F5N6OS2. The van der Waals surface area contributed by atoms with E-state index in [2.05, 4.69) is 20.1 Å².